The lowest BCUT2D eigenvalue weighted by atomic mass is 9.95. The Labute approximate surface area is 127 Å². The van der Waals surface area contributed by atoms with Crippen LogP contribution in [0.15, 0.2) is 18.2 Å². The first-order chi connectivity index (χ1) is 9.58. The third-order valence-corrected chi connectivity index (χ3v) is 3.98. The summed E-state index contributed by atoms with van der Waals surface area (Å²) in [6, 6.07) is 4.95. The summed E-state index contributed by atoms with van der Waals surface area (Å²) in [6.07, 6.45) is 5.21. The molecule has 0 atom stereocenters. The van der Waals surface area contributed by atoms with Crippen molar-refractivity contribution in [3.63, 3.8) is 0 Å². The second kappa shape index (κ2) is 6.95. The van der Waals surface area contributed by atoms with Gasteiger partial charge in [-0.15, -0.1) is 0 Å². The van der Waals surface area contributed by atoms with Crippen molar-refractivity contribution in [1.82, 2.24) is 5.32 Å². The van der Waals surface area contributed by atoms with E-state index in [4.69, 9.17) is 23.2 Å². The molecule has 1 aromatic rings. The zero-order chi connectivity index (χ0) is 14.5. The lowest BCUT2D eigenvalue weighted by Gasteiger charge is -2.22. The first-order valence-electron chi connectivity index (χ1n) is 6.64. The van der Waals surface area contributed by atoms with Gasteiger partial charge in [-0.3, -0.25) is 9.59 Å². The van der Waals surface area contributed by atoms with E-state index in [1.165, 1.54) is 6.42 Å². The molecule has 0 aromatic heterocycles. The summed E-state index contributed by atoms with van der Waals surface area (Å²) >= 11 is 11.9. The first kappa shape index (κ1) is 15.1. The quantitative estimate of drug-likeness (QED) is 0.822. The molecule has 1 fully saturated rings. The molecule has 0 radical (unpaired) electrons. The van der Waals surface area contributed by atoms with Crippen molar-refractivity contribution in [3.05, 3.63) is 28.2 Å². The molecule has 0 bridgehead atoms. The van der Waals surface area contributed by atoms with Gasteiger partial charge in [-0.2, -0.15) is 0 Å². The standard InChI is InChI=1S/C14H16Cl2N2O2/c15-10-7-4-8-11(16)12(10)18-14(20)13(19)17-9-5-2-1-3-6-9/h4,7-9H,1-3,5-6H2,(H,17,19)(H,18,20). The molecular formula is C14H16Cl2N2O2. The van der Waals surface area contributed by atoms with Crippen molar-refractivity contribution in [1.29, 1.82) is 0 Å². The molecule has 0 heterocycles. The van der Waals surface area contributed by atoms with Gasteiger partial charge in [0.1, 0.15) is 0 Å². The number of anilines is 1. The SMILES string of the molecule is O=C(Nc1c(Cl)cccc1Cl)C(=O)NC1CCCCC1. The van der Waals surface area contributed by atoms with Crippen LogP contribution in [0.2, 0.25) is 10.0 Å². The number of hydrogen-bond acceptors (Lipinski definition) is 2. The highest BCUT2D eigenvalue weighted by Crippen LogP contribution is 2.29. The van der Waals surface area contributed by atoms with Crippen molar-refractivity contribution in [2.24, 2.45) is 0 Å². The molecule has 2 amide bonds. The van der Waals surface area contributed by atoms with Crippen LogP contribution in [-0.2, 0) is 9.59 Å². The molecule has 6 heteroatoms. The summed E-state index contributed by atoms with van der Waals surface area (Å²) in [4.78, 5) is 23.7. The van der Waals surface area contributed by atoms with E-state index < -0.39 is 11.8 Å². The summed E-state index contributed by atoms with van der Waals surface area (Å²) in [6.45, 7) is 0. The molecule has 0 saturated heterocycles. The Morgan fingerprint density at radius 2 is 1.60 bits per heavy atom. The van der Waals surface area contributed by atoms with Crippen LogP contribution in [0.3, 0.4) is 0 Å². The number of hydrogen-bond donors (Lipinski definition) is 2. The molecule has 0 unspecified atom stereocenters. The largest absolute Gasteiger partial charge is 0.345 e. The van der Waals surface area contributed by atoms with Crippen molar-refractivity contribution in [2.45, 2.75) is 38.1 Å². The highest BCUT2D eigenvalue weighted by Gasteiger charge is 2.21. The first-order valence-corrected chi connectivity index (χ1v) is 7.39. The van der Waals surface area contributed by atoms with Gasteiger partial charge in [0, 0.05) is 6.04 Å². The number of para-hydroxylation sites is 1. The van der Waals surface area contributed by atoms with Crippen molar-refractivity contribution in [3.8, 4) is 0 Å². The van der Waals surface area contributed by atoms with Crippen LogP contribution < -0.4 is 10.6 Å². The monoisotopic (exact) mass is 314 g/mol. The molecule has 1 aliphatic carbocycles. The Morgan fingerprint density at radius 1 is 1.00 bits per heavy atom. The molecule has 1 aliphatic rings. The molecule has 20 heavy (non-hydrogen) atoms. The Bertz CT molecular complexity index is 494. The zero-order valence-corrected chi connectivity index (χ0v) is 12.4. The number of amides is 2. The van der Waals surface area contributed by atoms with E-state index in [2.05, 4.69) is 10.6 Å². The van der Waals surface area contributed by atoms with E-state index in [0.29, 0.717) is 10.0 Å². The minimum atomic E-state index is -0.745. The molecule has 1 saturated carbocycles. The van der Waals surface area contributed by atoms with Gasteiger partial charge < -0.3 is 10.6 Å². The third-order valence-electron chi connectivity index (χ3n) is 3.35. The maximum absolute atomic E-state index is 11.9. The van der Waals surface area contributed by atoms with Crippen LogP contribution in [0.5, 0.6) is 0 Å². The molecule has 1 aromatic carbocycles. The predicted octanol–water partition coefficient (Wildman–Crippen LogP) is 3.38. The lowest BCUT2D eigenvalue weighted by molar-refractivity contribution is -0.136. The van der Waals surface area contributed by atoms with Gasteiger partial charge in [0.05, 0.1) is 15.7 Å². The van der Waals surface area contributed by atoms with Crippen LogP contribution in [0.25, 0.3) is 0 Å². The number of nitrogens with one attached hydrogen (secondary N) is 2. The maximum atomic E-state index is 11.9. The Kier molecular flexibility index (Phi) is 5.26. The van der Waals surface area contributed by atoms with Gasteiger partial charge in [-0.1, -0.05) is 48.5 Å². The van der Waals surface area contributed by atoms with E-state index in [1.54, 1.807) is 18.2 Å². The summed E-state index contributed by atoms with van der Waals surface area (Å²) in [5.74, 6) is -1.39. The van der Waals surface area contributed by atoms with Gasteiger partial charge in [0.25, 0.3) is 0 Å². The number of carbonyl (C=O) groups excluding carboxylic acids is 2. The fraction of sp³-hybridized carbons (Fsp3) is 0.429. The zero-order valence-electron chi connectivity index (χ0n) is 10.9. The summed E-state index contributed by atoms with van der Waals surface area (Å²) < 4.78 is 0. The van der Waals surface area contributed by atoms with Gasteiger partial charge in [0.15, 0.2) is 0 Å². The molecular weight excluding hydrogens is 299 g/mol. The number of halogens is 2. The second-order valence-corrected chi connectivity index (χ2v) is 5.67. The smallest absolute Gasteiger partial charge is 0.313 e. The summed E-state index contributed by atoms with van der Waals surface area (Å²) in [5.41, 5.74) is 0.264. The van der Waals surface area contributed by atoms with E-state index >= 15 is 0 Å². The van der Waals surface area contributed by atoms with Crippen molar-refractivity contribution >= 4 is 40.7 Å². The van der Waals surface area contributed by atoms with Gasteiger partial charge in [0.2, 0.25) is 0 Å². The van der Waals surface area contributed by atoms with Crippen LogP contribution in [0.4, 0.5) is 5.69 Å². The Hall–Kier alpha value is -1.26. The summed E-state index contributed by atoms with van der Waals surface area (Å²) in [7, 11) is 0. The Balaban J connectivity index is 1.95. The molecule has 2 rings (SSSR count). The van der Waals surface area contributed by atoms with E-state index in [9.17, 15) is 9.59 Å². The van der Waals surface area contributed by atoms with Gasteiger partial charge >= 0.3 is 11.8 Å². The van der Waals surface area contributed by atoms with E-state index in [0.717, 1.165) is 25.7 Å². The topological polar surface area (TPSA) is 58.2 Å². The lowest BCUT2D eigenvalue weighted by Crippen LogP contribution is -2.42. The highest BCUT2D eigenvalue weighted by atomic mass is 35.5. The highest BCUT2D eigenvalue weighted by molar-refractivity contribution is 6.44. The minimum Gasteiger partial charge on any atom is -0.345 e. The molecule has 2 N–H and O–H groups in total. The van der Waals surface area contributed by atoms with Crippen LogP contribution >= 0.6 is 23.2 Å². The molecule has 108 valence electrons. The summed E-state index contributed by atoms with van der Waals surface area (Å²) in [5, 5.41) is 5.80. The number of carbonyl (C=O) groups is 2. The van der Waals surface area contributed by atoms with Crippen LogP contribution in [0.1, 0.15) is 32.1 Å². The Morgan fingerprint density at radius 3 is 2.20 bits per heavy atom. The van der Waals surface area contributed by atoms with E-state index in [1.807, 2.05) is 0 Å². The predicted molar refractivity (Wildman–Crippen MR) is 80.1 cm³/mol. The molecule has 0 spiro atoms. The van der Waals surface area contributed by atoms with Gasteiger partial charge in [-0.25, -0.2) is 0 Å². The number of rotatable bonds is 2. The van der Waals surface area contributed by atoms with Crippen LogP contribution in [0, 0.1) is 0 Å². The normalized spacial score (nSPS) is 15.7. The second-order valence-electron chi connectivity index (χ2n) is 4.86. The van der Waals surface area contributed by atoms with Crippen LogP contribution in [-0.4, -0.2) is 17.9 Å². The fourth-order valence-electron chi connectivity index (χ4n) is 2.29. The fourth-order valence-corrected chi connectivity index (χ4v) is 2.78. The average molecular weight is 315 g/mol. The van der Waals surface area contributed by atoms with Crippen molar-refractivity contribution in [2.75, 3.05) is 5.32 Å². The average Bonchev–Trinajstić information content (AvgIpc) is 2.44. The maximum Gasteiger partial charge on any atom is 0.313 e. The minimum absolute atomic E-state index is 0.0868. The van der Waals surface area contributed by atoms with E-state index in [-0.39, 0.29) is 11.7 Å². The molecule has 4 nitrogen and oxygen atoms in total. The van der Waals surface area contributed by atoms with Gasteiger partial charge in [-0.05, 0) is 25.0 Å². The van der Waals surface area contributed by atoms with Crippen molar-refractivity contribution < 1.29 is 9.59 Å². The number of benzene rings is 1. The molecule has 0 aliphatic heterocycles. The third kappa shape index (κ3) is 3.87.